The number of nitrogens with one attached hydrogen (secondary N) is 2. The second-order valence-corrected chi connectivity index (χ2v) is 6.95. The molecular weight excluding hydrogens is 354 g/mol. The van der Waals surface area contributed by atoms with E-state index in [4.69, 9.17) is 0 Å². The third-order valence-electron chi connectivity index (χ3n) is 2.82. The number of rotatable bonds is 6. The van der Waals surface area contributed by atoms with Crippen molar-refractivity contribution in [2.45, 2.75) is 18.4 Å². The van der Waals surface area contributed by atoms with Crippen LogP contribution in [-0.4, -0.2) is 19.9 Å². The maximum Gasteiger partial charge on any atom is 0.242 e. The number of benzene rings is 1. The third-order valence-corrected chi connectivity index (χ3v) is 4.98. The summed E-state index contributed by atoms with van der Waals surface area (Å²) in [4.78, 5) is 4.22. The Labute approximate surface area is 133 Å². The van der Waals surface area contributed by atoms with E-state index in [1.807, 2.05) is 31.2 Å². The minimum absolute atomic E-state index is 0.149. The van der Waals surface area contributed by atoms with Crippen molar-refractivity contribution in [1.29, 1.82) is 0 Å². The molecule has 0 saturated carbocycles. The van der Waals surface area contributed by atoms with Crippen LogP contribution in [0, 0.1) is 0 Å². The summed E-state index contributed by atoms with van der Waals surface area (Å²) < 4.78 is 27.8. The highest BCUT2D eigenvalue weighted by molar-refractivity contribution is 9.10. The monoisotopic (exact) mass is 369 g/mol. The van der Waals surface area contributed by atoms with Crippen molar-refractivity contribution in [1.82, 2.24) is 9.71 Å². The summed E-state index contributed by atoms with van der Waals surface area (Å²) in [7, 11) is -3.57. The smallest absolute Gasteiger partial charge is 0.242 e. The molecule has 0 bridgehead atoms. The van der Waals surface area contributed by atoms with E-state index >= 15 is 0 Å². The Kier molecular flexibility index (Phi) is 5.33. The van der Waals surface area contributed by atoms with Gasteiger partial charge in [-0.05, 0) is 30.7 Å². The molecule has 0 atom stereocenters. The van der Waals surface area contributed by atoms with Gasteiger partial charge in [0, 0.05) is 23.8 Å². The molecule has 0 aliphatic heterocycles. The number of nitrogens with zero attached hydrogens (tertiary/aromatic N) is 1. The van der Waals surface area contributed by atoms with E-state index in [-0.39, 0.29) is 11.4 Å². The lowest BCUT2D eigenvalue weighted by molar-refractivity contribution is 0.581. The number of halogens is 1. The van der Waals surface area contributed by atoms with Crippen LogP contribution >= 0.6 is 15.9 Å². The SMILES string of the molecule is CCNc1ccc(S(=O)(=O)NCc2ccccc2Br)cn1. The molecule has 7 heteroatoms. The molecule has 0 unspecified atom stereocenters. The molecule has 2 aromatic rings. The highest BCUT2D eigenvalue weighted by atomic mass is 79.9. The fourth-order valence-electron chi connectivity index (χ4n) is 1.72. The van der Waals surface area contributed by atoms with Crippen LogP contribution in [0.2, 0.25) is 0 Å². The maximum atomic E-state index is 12.2. The largest absolute Gasteiger partial charge is 0.370 e. The van der Waals surface area contributed by atoms with Crippen LogP contribution in [-0.2, 0) is 16.6 Å². The van der Waals surface area contributed by atoms with Crippen molar-refractivity contribution in [2.75, 3.05) is 11.9 Å². The van der Waals surface area contributed by atoms with Crippen molar-refractivity contribution < 1.29 is 8.42 Å². The number of sulfonamides is 1. The molecule has 0 fully saturated rings. The number of pyridine rings is 1. The van der Waals surface area contributed by atoms with Crippen LogP contribution in [0.5, 0.6) is 0 Å². The van der Waals surface area contributed by atoms with Crippen LogP contribution in [0.1, 0.15) is 12.5 Å². The van der Waals surface area contributed by atoms with Gasteiger partial charge >= 0.3 is 0 Å². The number of aromatic nitrogens is 1. The first kappa shape index (κ1) is 15.9. The topological polar surface area (TPSA) is 71.1 Å². The molecule has 0 aliphatic carbocycles. The van der Waals surface area contributed by atoms with E-state index in [2.05, 4.69) is 31.0 Å². The highest BCUT2D eigenvalue weighted by Gasteiger charge is 2.14. The van der Waals surface area contributed by atoms with Gasteiger partial charge in [0.2, 0.25) is 10.0 Å². The molecule has 2 N–H and O–H groups in total. The first-order valence-corrected chi connectivity index (χ1v) is 8.73. The van der Waals surface area contributed by atoms with Crippen LogP contribution in [0.25, 0.3) is 0 Å². The van der Waals surface area contributed by atoms with Crippen molar-refractivity contribution in [3.63, 3.8) is 0 Å². The van der Waals surface area contributed by atoms with E-state index in [0.717, 1.165) is 16.6 Å². The second-order valence-electron chi connectivity index (χ2n) is 4.33. The first-order valence-electron chi connectivity index (χ1n) is 6.46. The minimum Gasteiger partial charge on any atom is -0.370 e. The molecule has 2 rings (SSSR count). The summed E-state index contributed by atoms with van der Waals surface area (Å²) in [6.45, 7) is 2.91. The Balaban J connectivity index is 2.09. The van der Waals surface area contributed by atoms with Crippen molar-refractivity contribution in [2.24, 2.45) is 0 Å². The fourth-order valence-corrected chi connectivity index (χ4v) is 3.10. The quantitative estimate of drug-likeness (QED) is 0.820. The van der Waals surface area contributed by atoms with Gasteiger partial charge in [-0.1, -0.05) is 34.1 Å². The van der Waals surface area contributed by atoms with Gasteiger partial charge in [0.15, 0.2) is 0 Å². The minimum atomic E-state index is -3.57. The third kappa shape index (κ3) is 4.26. The van der Waals surface area contributed by atoms with Gasteiger partial charge in [0.05, 0.1) is 0 Å². The van der Waals surface area contributed by atoms with Crippen molar-refractivity contribution >= 4 is 31.8 Å². The van der Waals surface area contributed by atoms with Gasteiger partial charge in [-0.3, -0.25) is 0 Å². The molecule has 0 radical (unpaired) electrons. The first-order chi connectivity index (χ1) is 10.0. The lowest BCUT2D eigenvalue weighted by atomic mass is 10.2. The van der Waals surface area contributed by atoms with E-state index in [1.165, 1.54) is 12.3 Å². The lowest BCUT2D eigenvalue weighted by Gasteiger charge is -2.09. The van der Waals surface area contributed by atoms with Gasteiger partial charge in [0.1, 0.15) is 10.7 Å². The number of hydrogen-bond donors (Lipinski definition) is 2. The average molecular weight is 370 g/mol. The standard InChI is InChI=1S/C14H16BrN3O2S/c1-2-16-14-8-7-12(10-17-14)21(19,20)18-9-11-5-3-4-6-13(11)15/h3-8,10,18H,2,9H2,1H3,(H,16,17). The molecule has 1 heterocycles. The van der Waals surface area contributed by atoms with Gasteiger partial charge in [-0.25, -0.2) is 18.1 Å². The summed E-state index contributed by atoms with van der Waals surface area (Å²) in [6.07, 6.45) is 1.35. The van der Waals surface area contributed by atoms with Gasteiger partial charge in [0.25, 0.3) is 0 Å². The number of hydrogen-bond acceptors (Lipinski definition) is 4. The molecular formula is C14H16BrN3O2S. The Morgan fingerprint density at radius 1 is 1.19 bits per heavy atom. The molecule has 21 heavy (non-hydrogen) atoms. The Hall–Kier alpha value is -1.44. The van der Waals surface area contributed by atoms with Crippen molar-refractivity contribution in [3.05, 3.63) is 52.6 Å². The Bertz CT molecular complexity index is 702. The van der Waals surface area contributed by atoms with Crippen LogP contribution in [0.4, 0.5) is 5.82 Å². The summed E-state index contributed by atoms with van der Waals surface area (Å²) in [5.41, 5.74) is 0.873. The van der Waals surface area contributed by atoms with Crippen LogP contribution < -0.4 is 10.0 Å². The van der Waals surface area contributed by atoms with E-state index in [0.29, 0.717) is 5.82 Å². The zero-order valence-corrected chi connectivity index (χ0v) is 13.9. The van der Waals surface area contributed by atoms with Gasteiger partial charge < -0.3 is 5.32 Å². The molecule has 1 aromatic carbocycles. The predicted molar refractivity (Wildman–Crippen MR) is 86.6 cm³/mol. The second kappa shape index (κ2) is 7.02. The molecule has 0 saturated heterocycles. The molecule has 0 spiro atoms. The fraction of sp³-hybridized carbons (Fsp3) is 0.214. The molecule has 112 valence electrons. The molecule has 1 aromatic heterocycles. The van der Waals surface area contributed by atoms with E-state index < -0.39 is 10.0 Å². The Morgan fingerprint density at radius 3 is 2.57 bits per heavy atom. The normalized spacial score (nSPS) is 11.3. The lowest BCUT2D eigenvalue weighted by Crippen LogP contribution is -2.23. The highest BCUT2D eigenvalue weighted by Crippen LogP contribution is 2.17. The van der Waals surface area contributed by atoms with Gasteiger partial charge in [-0.15, -0.1) is 0 Å². The summed E-state index contributed by atoms with van der Waals surface area (Å²) in [5, 5.41) is 3.02. The van der Waals surface area contributed by atoms with Crippen molar-refractivity contribution in [3.8, 4) is 0 Å². The summed E-state index contributed by atoms with van der Waals surface area (Å²) in [6, 6.07) is 10.7. The average Bonchev–Trinajstić information content (AvgIpc) is 2.47. The molecule has 0 amide bonds. The van der Waals surface area contributed by atoms with Gasteiger partial charge in [-0.2, -0.15) is 0 Å². The summed E-state index contributed by atoms with van der Waals surface area (Å²) >= 11 is 3.39. The zero-order chi connectivity index (χ0) is 15.3. The maximum absolute atomic E-state index is 12.2. The van der Waals surface area contributed by atoms with E-state index in [1.54, 1.807) is 6.07 Å². The zero-order valence-electron chi connectivity index (χ0n) is 11.5. The molecule has 5 nitrogen and oxygen atoms in total. The molecule has 0 aliphatic rings. The Morgan fingerprint density at radius 2 is 1.95 bits per heavy atom. The van der Waals surface area contributed by atoms with Crippen LogP contribution in [0.15, 0.2) is 52.0 Å². The summed E-state index contributed by atoms with van der Waals surface area (Å²) in [5.74, 6) is 0.655. The predicted octanol–water partition coefficient (Wildman–Crippen LogP) is 2.75. The number of anilines is 1. The van der Waals surface area contributed by atoms with Crippen LogP contribution in [0.3, 0.4) is 0 Å². The van der Waals surface area contributed by atoms with E-state index in [9.17, 15) is 8.42 Å².